The van der Waals surface area contributed by atoms with Gasteiger partial charge in [-0.3, -0.25) is 14.9 Å². The highest BCUT2D eigenvalue weighted by Gasteiger charge is 2.13. The number of hydrogen-bond donors (Lipinski definition) is 3. The molecule has 0 aliphatic heterocycles. The van der Waals surface area contributed by atoms with Crippen LogP contribution in [-0.2, 0) is 0 Å². The van der Waals surface area contributed by atoms with Gasteiger partial charge in [-0.2, -0.15) is 4.99 Å². The molecule has 0 radical (unpaired) electrons. The first-order valence-corrected chi connectivity index (χ1v) is 8.35. The molecule has 0 aliphatic rings. The van der Waals surface area contributed by atoms with E-state index < -0.39 is 17.5 Å². The second-order valence-electron chi connectivity index (χ2n) is 5.58. The number of guanidine groups is 1. The third-order valence-corrected chi connectivity index (χ3v) is 3.72. The maximum Gasteiger partial charge on any atom is 0.258 e. The summed E-state index contributed by atoms with van der Waals surface area (Å²) in [6.45, 7) is 0. The summed E-state index contributed by atoms with van der Waals surface area (Å²) in [6, 6.07) is 13.7. The van der Waals surface area contributed by atoms with Crippen LogP contribution in [0.15, 0.2) is 70.5 Å². The molecule has 2 aromatic carbocycles. The van der Waals surface area contributed by atoms with Crippen molar-refractivity contribution in [2.75, 3.05) is 5.32 Å². The minimum absolute atomic E-state index is 0.0566. The van der Waals surface area contributed by atoms with Crippen molar-refractivity contribution in [3.05, 3.63) is 93.2 Å². The number of amides is 1. The second kappa shape index (κ2) is 8.45. The Hall–Kier alpha value is -3.52. The molecule has 1 amide bonds. The van der Waals surface area contributed by atoms with E-state index in [0.29, 0.717) is 10.7 Å². The summed E-state index contributed by atoms with van der Waals surface area (Å²) in [5.74, 6) is -2.84. The number of nitrogens with one attached hydrogen (secondary N) is 3. The van der Waals surface area contributed by atoms with E-state index >= 15 is 0 Å². The molecular weight excluding hydrogens is 390 g/mol. The van der Waals surface area contributed by atoms with Gasteiger partial charge in [0.1, 0.15) is 5.82 Å². The topological polar surface area (TPSA) is 86.3 Å². The number of hydrogen-bond acceptors (Lipinski definition) is 3. The number of aliphatic imine (C=N–C) groups is 1. The predicted molar refractivity (Wildman–Crippen MR) is 103 cm³/mol. The van der Waals surface area contributed by atoms with E-state index in [1.165, 1.54) is 18.2 Å². The minimum Gasteiger partial charge on any atom is -0.326 e. The van der Waals surface area contributed by atoms with Crippen LogP contribution in [0, 0.1) is 11.6 Å². The number of H-pyrrole nitrogens is 1. The van der Waals surface area contributed by atoms with Gasteiger partial charge in [0.25, 0.3) is 5.91 Å². The van der Waals surface area contributed by atoms with Crippen LogP contribution < -0.4 is 16.2 Å². The Balaban J connectivity index is 1.91. The van der Waals surface area contributed by atoms with E-state index in [1.54, 1.807) is 24.3 Å². The van der Waals surface area contributed by atoms with E-state index in [0.717, 1.165) is 18.2 Å². The lowest BCUT2D eigenvalue weighted by atomic mass is 10.2. The molecule has 0 fully saturated rings. The molecule has 1 aromatic heterocycles. The Morgan fingerprint density at radius 3 is 2.50 bits per heavy atom. The average molecular weight is 403 g/mol. The summed E-state index contributed by atoms with van der Waals surface area (Å²) in [5, 5.41) is 5.77. The van der Waals surface area contributed by atoms with E-state index in [4.69, 9.17) is 11.6 Å². The van der Waals surface area contributed by atoms with Gasteiger partial charge < -0.3 is 10.3 Å². The first-order valence-electron chi connectivity index (χ1n) is 7.98. The second-order valence-corrected chi connectivity index (χ2v) is 6.02. The number of anilines is 1. The van der Waals surface area contributed by atoms with Gasteiger partial charge in [-0.25, -0.2) is 8.78 Å². The summed E-state index contributed by atoms with van der Waals surface area (Å²) in [7, 11) is 0. The monoisotopic (exact) mass is 402 g/mol. The highest BCUT2D eigenvalue weighted by molar-refractivity contribution is 6.31. The van der Waals surface area contributed by atoms with Crippen LogP contribution in [0.25, 0.3) is 0 Å². The molecule has 3 N–H and O–H groups in total. The first-order chi connectivity index (χ1) is 13.4. The quantitative estimate of drug-likeness (QED) is 0.459. The summed E-state index contributed by atoms with van der Waals surface area (Å²) >= 11 is 5.95. The number of aromatic nitrogens is 1. The Labute approximate surface area is 162 Å². The fraction of sp³-hybridized carbons (Fsp3) is 0. The van der Waals surface area contributed by atoms with Gasteiger partial charge in [0.05, 0.1) is 0 Å². The van der Waals surface area contributed by atoms with E-state index in [-0.39, 0.29) is 22.9 Å². The van der Waals surface area contributed by atoms with Crippen molar-refractivity contribution < 1.29 is 13.6 Å². The molecule has 0 spiro atoms. The number of carbonyl (C=O) groups excluding carboxylic acids is 1. The fourth-order valence-electron chi connectivity index (χ4n) is 2.23. The third kappa shape index (κ3) is 5.01. The molecule has 0 atom stereocenters. The van der Waals surface area contributed by atoms with Crippen molar-refractivity contribution >= 4 is 35.0 Å². The van der Waals surface area contributed by atoms with Crippen LogP contribution >= 0.6 is 11.6 Å². The molecule has 6 nitrogen and oxygen atoms in total. The molecule has 3 rings (SSSR count). The SMILES string of the molecule is O=C(NC(=Nc1cccc(=O)[nH]1)Nc1cccc(Cl)c1)c1ccc(F)c(F)c1. The van der Waals surface area contributed by atoms with E-state index in [1.807, 2.05) is 0 Å². The lowest BCUT2D eigenvalue weighted by Crippen LogP contribution is -2.36. The highest BCUT2D eigenvalue weighted by atomic mass is 35.5. The Bertz CT molecular complexity index is 1110. The molecular formula is C19H13ClF2N4O2. The molecule has 9 heteroatoms. The van der Waals surface area contributed by atoms with Crippen LogP contribution in [-0.4, -0.2) is 16.9 Å². The molecule has 0 aliphatic carbocycles. The van der Waals surface area contributed by atoms with Crippen molar-refractivity contribution in [3.63, 3.8) is 0 Å². The normalized spacial score (nSPS) is 11.2. The zero-order chi connectivity index (χ0) is 20.1. The number of pyridine rings is 1. The first kappa shape index (κ1) is 19.2. The number of rotatable bonds is 3. The van der Waals surface area contributed by atoms with Crippen LogP contribution in [0.3, 0.4) is 0 Å². The predicted octanol–water partition coefficient (Wildman–Crippen LogP) is 3.84. The van der Waals surface area contributed by atoms with Crippen molar-refractivity contribution in [2.45, 2.75) is 0 Å². The molecule has 0 bridgehead atoms. The Morgan fingerprint density at radius 2 is 1.79 bits per heavy atom. The molecule has 0 saturated heterocycles. The van der Waals surface area contributed by atoms with Gasteiger partial charge in [-0.05, 0) is 42.5 Å². The van der Waals surface area contributed by atoms with Crippen molar-refractivity contribution in [1.29, 1.82) is 0 Å². The van der Waals surface area contributed by atoms with Crippen molar-refractivity contribution in [3.8, 4) is 0 Å². The Kier molecular flexibility index (Phi) is 5.81. The zero-order valence-electron chi connectivity index (χ0n) is 14.2. The van der Waals surface area contributed by atoms with Crippen molar-refractivity contribution in [1.82, 2.24) is 10.3 Å². The number of benzene rings is 2. The number of aromatic amines is 1. The minimum atomic E-state index is -1.15. The summed E-state index contributed by atoms with van der Waals surface area (Å²) in [6.07, 6.45) is 0. The lowest BCUT2D eigenvalue weighted by molar-refractivity contribution is 0.0976. The fourth-order valence-corrected chi connectivity index (χ4v) is 2.42. The molecule has 0 saturated carbocycles. The number of nitrogens with zero attached hydrogens (tertiary/aromatic N) is 1. The number of halogens is 3. The summed E-state index contributed by atoms with van der Waals surface area (Å²) in [5.41, 5.74) is 0.0199. The third-order valence-electron chi connectivity index (χ3n) is 3.49. The van der Waals surface area contributed by atoms with Crippen LogP contribution in [0.4, 0.5) is 20.3 Å². The molecule has 28 heavy (non-hydrogen) atoms. The molecule has 142 valence electrons. The van der Waals surface area contributed by atoms with E-state index in [9.17, 15) is 18.4 Å². The van der Waals surface area contributed by atoms with Crippen LogP contribution in [0.2, 0.25) is 5.02 Å². The lowest BCUT2D eigenvalue weighted by Gasteiger charge is -2.12. The van der Waals surface area contributed by atoms with Gasteiger partial charge in [0.2, 0.25) is 11.5 Å². The maximum absolute atomic E-state index is 13.4. The van der Waals surface area contributed by atoms with Gasteiger partial charge in [0.15, 0.2) is 11.6 Å². The summed E-state index contributed by atoms with van der Waals surface area (Å²) < 4.78 is 26.5. The average Bonchev–Trinajstić information content (AvgIpc) is 2.64. The largest absolute Gasteiger partial charge is 0.326 e. The van der Waals surface area contributed by atoms with Gasteiger partial charge in [-0.15, -0.1) is 0 Å². The maximum atomic E-state index is 13.4. The zero-order valence-corrected chi connectivity index (χ0v) is 14.9. The molecule has 0 unspecified atom stereocenters. The standard InChI is InChI=1S/C19H13ClF2N4O2/c20-12-3-1-4-13(10-12)23-19(25-16-5-2-6-17(27)24-16)26-18(28)11-7-8-14(21)15(22)9-11/h1-10H,(H3,23,24,25,26,27,28). The molecule has 3 aromatic rings. The summed E-state index contributed by atoms with van der Waals surface area (Å²) in [4.78, 5) is 30.5. The molecule has 1 heterocycles. The Morgan fingerprint density at radius 1 is 1.00 bits per heavy atom. The number of carbonyl (C=O) groups is 1. The van der Waals surface area contributed by atoms with Crippen LogP contribution in [0.1, 0.15) is 10.4 Å². The smallest absolute Gasteiger partial charge is 0.258 e. The van der Waals surface area contributed by atoms with E-state index in [2.05, 4.69) is 20.6 Å². The van der Waals surface area contributed by atoms with Gasteiger partial charge in [0, 0.05) is 22.3 Å². The highest BCUT2D eigenvalue weighted by Crippen LogP contribution is 2.16. The van der Waals surface area contributed by atoms with Gasteiger partial charge >= 0.3 is 0 Å². The van der Waals surface area contributed by atoms with Crippen LogP contribution in [0.5, 0.6) is 0 Å². The van der Waals surface area contributed by atoms with Crippen molar-refractivity contribution in [2.24, 2.45) is 4.99 Å². The van der Waals surface area contributed by atoms with Gasteiger partial charge in [-0.1, -0.05) is 23.7 Å².